The van der Waals surface area contributed by atoms with Gasteiger partial charge in [0.15, 0.2) is 6.23 Å². The summed E-state index contributed by atoms with van der Waals surface area (Å²) >= 11 is 0. The smallest absolute Gasteiger partial charge is 0.313 e. The molecule has 9 heteroatoms. The van der Waals surface area contributed by atoms with E-state index in [0.29, 0.717) is 29.2 Å². The van der Waals surface area contributed by atoms with Gasteiger partial charge in [0.25, 0.3) is 0 Å². The molecule has 0 radical (unpaired) electrons. The van der Waals surface area contributed by atoms with E-state index in [-0.39, 0.29) is 11.9 Å². The summed E-state index contributed by atoms with van der Waals surface area (Å²) in [5, 5.41) is 13.2. The highest BCUT2D eigenvalue weighted by molar-refractivity contribution is 6.00. The molecular weight excluding hydrogens is 542 g/mol. The minimum atomic E-state index is -0.663. The minimum Gasteiger partial charge on any atom is -0.497 e. The van der Waals surface area contributed by atoms with E-state index in [4.69, 9.17) is 14.5 Å². The third-order valence-electron chi connectivity index (χ3n) is 6.74. The molecular formula is C34H37N5O4. The van der Waals surface area contributed by atoms with Gasteiger partial charge in [0.05, 0.1) is 24.2 Å². The van der Waals surface area contributed by atoms with E-state index < -0.39 is 11.6 Å². The number of nitrogens with one attached hydrogen (secondary N) is 1. The molecule has 222 valence electrons. The minimum absolute atomic E-state index is 0.245. The van der Waals surface area contributed by atoms with E-state index in [1.54, 1.807) is 38.4 Å². The summed E-state index contributed by atoms with van der Waals surface area (Å²) in [7, 11) is 5.44. The van der Waals surface area contributed by atoms with Crippen molar-refractivity contribution in [1.29, 1.82) is 5.26 Å². The number of anilines is 1. The molecule has 2 heterocycles. The number of nitrogens with zero attached hydrogens (tertiary/aromatic N) is 4. The van der Waals surface area contributed by atoms with E-state index in [2.05, 4.69) is 11.4 Å². The number of hydrogen-bond acceptors (Lipinski definition) is 7. The number of fused-ring (bicyclic) bond motifs is 1. The third kappa shape index (κ3) is 7.48. The highest BCUT2D eigenvalue weighted by Crippen LogP contribution is 2.36. The number of hydrogen-bond donors (Lipinski definition) is 1. The lowest BCUT2D eigenvalue weighted by Gasteiger charge is -2.22. The number of methoxy groups -OCH3 is 1. The van der Waals surface area contributed by atoms with Crippen LogP contribution < -0.4 is 10.1 Å². The zero-order chi connectivity index (χ0) is 31.3. The zero-order valence-electron chi connectivity index (χ0n) is 25.6. The van der Waals surface area contributed by atoms with E-state index in [0.717, 1.165) is 27.6 Å². The van der Waals surface area contributed by atoms with Crippen molar-refractivity contribution < 1.29 is 19.1 Å². The van der Waals surface area contributed by atoms with Gasteiger partial charge >= 0.3 is 5.97 Å². The average molecular weight is 580 g/mol. The molecule has 9 nitrogen and oxygen atoms in total. The van der Waals surface area contributed by atoms with E-state index in [1.165, 1.54) is 6.08 Å². The largest absolute Gasteiger partial charge is 0.497 e. The fourth-order valence-corrected chi connectivity index (χ4v) is 4.45. The van der Waals surface area contributed by atoms with Crippen molar-refractivity contribution in [2.45, 2.75) is 33.9 Å². The quantitative estimate of drug-likeness (QED) is 0.180. The number of benzene rings is 2. The lowest BCUT2D eigenvalue weighted by atomic mass is 9.97. The SMILES string of the molecule is COc1cc(NC(=O)C=CCN(C)C)cc(-c2cnc3c(c2)c(-c2cccc(C#N)c2)cn3C(C)OC(=O)C(C)(C)C)c1. The van der Waals surface area contributed by atoms with Crippen molar-refractivity contribution in [2.75, 3.05) is 33.1 Å². The van der Waals surface area contributed by atoms with Gasteiger partial charge in [0.1, 0.15) is 11.4 Å². The normalized spacial score (nSPS) is 12.3. The number of likely N-dealkylation sites (N-methyl/N-ethyl adjacent to an activating group) is 1. The van der Waals surface area contributed by atoms with Gasteiger partial charge in [0, 0.05) is 53.3 Å². The van der Waals surface area contributed by atoms with Gasteiger partial charge in [-0.15, -0.1) is 0 Å². The molecule has 2 aromatic heterocycles. The molecule has 0 aliphatic rings. The molecule has 4 aromatic rings. The Morgan fingerprint density at radius 1 is 1.12 bits per heavy atom. The Morgan fingerprint density at radius 3 is 2.56 bits per heavy atom. The summed E-state index contributed by atoms with van der Waals surface area (Å²) in [5.74, 6) is 0.00608. The van der Waals surface area contributed by atoms with Crippen LogP contribution in [0.15, 0.2) is 73.1 Å². The highest BCUT2D eigenvalue weighted by Gasteiger charge is 2.27. The monoisotopic (exact) mass is 579 g/mol. The van der Waals surface area contributed by atoms with Crippen molar-refractivity contribution in [3.63, 3.8) is 0 Å². The van der Waals surface area contributed by atoms with Crippen molar-refractivity contribution in [2.24, 2.45) is 5.41 Å². The van der Waals surface area contributed by atoms with Gasteiger partial charge in [-0.05, 0) is 83.2 Å². The Hall–Kier alpha value is -4.94. The first-order valence-corrected chi connectivity index (χ1v) is 13.9. The summed E-state index contributed by atoms with van der Waals surface area (Å²) < 4.78 is 13.2. The first kappa shape index (κ1) is 31.0. The van der Waals surface area contributed by atoms with Gasteiger partial charge in [-0.3, -0.25) is 14.2 Å². The first-order chi connectivity index (χ1) is 20.4. The standard InChI is InChI=1S/C34H37N5O4/c1-22(43-33(41)34(2,3)4)39-21-30(24-11-8-10-23(14-24)19-35)29-17-26(20-36-32(29)39)25-15-27(18-28(16-25)42-7)37-31(40)12-9-13-38(5)6/h8-12,14-18,20-22H,13H2,1-7H3,(H,37,40). The summed E-state index contributed by atoms with van der Waals surface area (Å²) in [6.07, 6.45) is 6.31. The molecule has 0 saturated heterocycles. The molecule has 0 saturated carbocycles. The number of nitriles is 1. The van der Waals surface area contributed by atoms with Crippen LogP contribution in [0.25, 0.3) is 33.3 Å². The Kier molecular flexibility index (Phi) is 9.32. The number of esters is 1. The van der Waals surface area contributed by atoms with Crippen LogP contribution in [0, 0.1) is 16.7 Å². The highest BCUT2D eigenvalue weighted by atomic mass is 16.6. The number of carbonyl (C=O) groups excluding carboxylic acids is 2. The van der Waals surface area contributed by atoms with Gasteiger partial charge in [-0.25, -0.2) is 4.98 Å². The molecule has 0 aliphatic carbocycles. The third-order valence-corrected chi connectivity index (χ3v) is 6.74. The Balaban J connectivity index is 1.80. The van der Waals surface area contributed by atoms with Crippen LogP contribution in [0.4, 0.5) is 5.69 Å². The number of amides is 1. The number of pyridine rings is 1. The lowest BCUT2D eigenvalue weighted by Crippen LogP contribution is -2.26. The van der Waals surface area contributed by atoms with Gasteiger partial charge in [0.2, 0.25) is 5.91 Å². The van der Waals surface area contributed by atoms with Crippen LogP contribution in [-0.4, -0.2) is 54.1 Å². The summed E-state index contributed by atoms with van der Waals surface area (Å²) in [5.41, 5.74) is 4.32. The maximum absolute atomic E-state index is 12.7. The van der Waals surface area contributed by atoms with E-state index in [1.807, 2.05) is 86.9 Å². The summed E-state index contributed by atoms with van der Waals surface area (Å²) in [6, 6.07) is 17.0. The second kappa shape index (κ2) is 12.9. The molecule has 1 amide bonds. The molecule has 0 fully saturated rings. The number of aromatic nitrogens is 2. The van der Waals surface area contributed by atoms with Crippen LogP contribution in [0.2, 0.25) is 0 Å². The predicted octanol–water partition coefficient (Wildman–Crippen LogP) is 6.41. The van der Waals surface area contributed by atoms with Crippen LogP contribution >= 0.6 is 0 Å². The first-order valence-electron chi connectivity index (χ1n) is 13.9. The second-order valence-electron chi connectivity index (χ2n) is 11.6. The molecule has 4 rings (SSSR count). The van der Waals surface area contributed by atoms with Gasteiger partial charge in [-0.1, -0.05) is 18.2 Å². The van der Waals surface area contributed by atoms with Crippen molar-refractivity contribution in [1.82, 2.24) is 14.5 Å². The van der Waals surface area contributed by atoms with Crippen LogP contribution in [0.5, 0.6) is 5.75 Å². The van der Waals surface area contributed by atoms with Gasteiger partial charge < -0.3 is 19.7 Å². The van der Waals surface area contributed by atoms with Crippen molar-refractivity contribution >= 4 is 28.6 Å². The Morgan fingerprint density at radius 2 is 1.88 bits per heavy atom. The Bertz CT molecular complexity index is 1720. The predicted molar refractivity (Wildman–Crippen MR) is 168 cm³/mol. The molecule has 0 spiro atoms. The zero-order valence-corrected chi connectivity index (χ0v) is 25.6. The van der Waals surface area contributed by atoms with E-state index in [9.17, 15) is 14.9 Å². The topological polar surface area (TPSA) is 109 Å². The molecule has 0 aliphatic heterocycles. The lowest BCUT2D eigenvalue weighted by molar-refractivity contribution is -0.162. The van der Waals surface area contributed by atoms with Crippen LogP contribution in [-0.2, 0) is 14.3 Å². The number of ether oxygens (including phenoxy) is 2. The van der Waals surface area contributed by atoms with Crippen molar-refractivity contribution in [3.05, 3.63) is 78.6 Å². The van der Waals surface area contributed by atoms with Crippen LogP contribution in [0.3, 0.4) is 0 Å². The van der Waals surface area contributed by atoms with Gasteiger partial charge in [-0.2, -0.15) is 5.26 Å². The summed E-state index contributed by atoms with van der Waals surface area (Å²) in [6.45, 7) is 7.88. The molecule has 1 N–H and O–H groups in total. The number of rotatable bonds is 9. The fourth-order valence-electron chi connectivity index (χ4n) is 4.45. The maximum Gasteiger partial charge on any atom is 0.313 e. The van der Waals surface area contributed by atoms with E-state index >= 15 is 0 Å². The Labute approximate surface area is 252 Å². The molecule has 2 aromatic carbocycles. The fraction of sp³-hybridized carbons (Fsp3) is 0.294. The molecule has 1 unspecified atom stereocenters. The summed E-state index contributed by atoms with van der Waals surface area (Å²) in [4.78, 5) is 32.0. The maximum atomic E-state index is 12.7. The van der Waals surface area contributed by atoms with Crippen LogP contribution in [0.1, 0.15) is 39.5 Å². The molecule has 0 bridgehead atoms. The molecule has 1 atom stereocenters. The van der Waals surface area contributed by atoms with Crippen molar-refractivity contribution in [3.8, 4) is 34.1 Å². The number of carbonyl (C=O) groups is 2. The molecule has 43 heavy (non-hydrogen) atoms. The average Bonchev–Trinajstić information content (AvgIpc) is 3.35. The second-order valence-corrected chi connectivity index (χ2v) is 11.6.